The third-order valence-electron chi connectivity index (χ3n) is 2.68. The highest BCUT2D eigenvalue weighted by Crippen LogP contribution is 2.19. The molecule has 1 aliphatic rings. The molecule has 0 radical (unpaired) electrons. The van der Waals surface area contributed by atoms with Gasteiger partial charge in [0.2, 0.25) is 0 Å². The second kappa shape index (κ2) is 5.88. The van der Waals surface area contributed by atoms with Crippen LogP contribution in [0, 0.1) is 0 Å². The highest BCUT2D eigenvalue weighted by molar-refractivity contribution is 5.82. The zero-order valence-corrected chi connectivity index (χ0v) is 9.60. The molecule has 1 aliphatic heterocycles. The van der Waals surface area contributed by atoms with Crippen LogP contribution in [0.3, 0.4) is 0 Å². The SMILES string of the molecule is CCOC(=O)/C=C/C1C(OC)CCN1C. The Labute approximate surface area is 90.8 Å². The lowest BCUT2D eigenvalue weighted by atomic mass is 10.1. The van der Waals surface area contributed by atoms with Gasteiger partial charge >= 0.3 is 5.97 Å². The summed E-state index contributed by atoms with van der Waals surface area (Å²) >= 11 is 0. The lowest BCUT2D eigenvalue weighted by Gasteiger charge is -2.20. The predicted octanol–water partition coefficient (Wildman–Crippen LogP) is 0.825. The van der Waals surface area contributed by atoms with Gasteiger partial charge in [0, 0.05) is 19.7 Å². The Morgan fingerprint density at radius 1 is 1.60 bits per heavy atom. The maximum atomic E-state index is 11.1. The van der Waals surface area contributed by atoms with Crippen molar-refractivity contribution < 1.29 is 14.3 Å². The summed E-state index contributed by atoms with van der Waals surface area (Å²) in [4.78, 5) is 13.3. The second-order valence-corrected chi connectivity index (χ2v) is 3.65. The fourth-order valence-electron chi connectivity index (χ4n) is 1.83. The lowest BCUT2D eigenvalue weighted by Crippen LogP contribution is -2.31. The third kappa shape index (κ3) is 3.32. The van der Waals surface area contributed by atoms with Crippen LogP contribution in [0.25, 0.3) is 0 Å². The van der Waals surface area contributed by atoms with Crippen LogP contribution in [0.2, 0.25) is 0 Å². The monoisotopic (exact) mass is 213 g/mol. The van der Waals surface area contributed by atoms with Gasteiger partial charge in [-0.1, -0.05) is 6.08 Å². The van der Waals surface area contributed by atoms with E-state index in [9.17, 15) is 4.79 Å². The number of rotatable bonds is 4. The summed E-state index contributed by atoms with van der Waals surface area (Å²) < 4.78 is 10.2. The van der Waals surface area contributed by atoms with Crippen molar-refractivity contribution in [2.45, 2.75) is 25.5 Å². The average Bonchev–Trinajstić information content (AvgIpc) is 2.57. The van der Waals surface area contributed by atoms with E-state index in [1.807, 2.05) is 13.1 Å². The van der Waals surface area contributed by atoms with Crippen LogP contribution in [0.15, 0.2) is 12.2 Å². The number of carbonyl (C=O) groups excluding carboxylic acids is 1. The standard InChI is InChI=1S/C11H19NO3/c1-4-15-11(13)6-5-9-10(14-3)7-8-12(9)2/h5-6,9-10H,4,7-8H2,1-3H3/b6-5+. The topological polar surface area (TPSA) is 38.8 Å². The summed E-state index contributed by atoms with van der Waals surface area (Å²) in [7, 11) is 3.73. The van der Waals surface area contributed by atoms with E-state index in [-0.39, 0.29) is 18.1 Å². The molecule has 1 saturated heterocycles. The molecule has 0 amide bonds. The van der Waals surface area contributed by atoms with E-state index in [4.69, 9.17) is 9.47 Å². The molecule has 0 aromatic rings. The summed E-state index contributed by atoms with van der Waals surface area (Å²) in [5.74, 6) is -0.285. The fraction of sp³-hybridized carbons (Fsp3) is 0.727. The second-order valence-electron chi connectivity index (χ2n) is 3.65. The Kier molecular flexibility index (Phi) is 4.78. The number of likely N-dealkylation sites (tertiary alicyclic amines) is 1. The molecule has 2 unspecified atom stereocenters. The van der Waals surface area contributed by atoms with Gasteiger partial charge in [0.25, 0.3) is 0 Å². The van der Waals surface area contributed by atoms with E-state index in [0.29, 0.717) is 6.61 Å². The molecule has 15 heavy (non-hydrogen) atoms. The van der Waals surface area contributed by atoms with E-state index in [1.165, 1.54) is 6.08 Å². The van der Waals surface area contributed by atoms with Crippen molar-refractivity contribution in [2.24, 2.45) is 0 Å². The maximum Gasteiger partial charge on any atom is 0.330 e. The lowest BCUT2D eigenvalue weighted by molar-refractivity contribution is -0.137. The van der Waals surface area contributed by atoms with Gasteiger partial charge in [-0.2, -0.15) is 0 Å². The van der Waals surface area contributed by atoms with Crippen LogP contribution in [-0.2, 0) is 14.3 Å². The van der Waals surface area contributed by atoms with Crippen molar-refractivity contribution in [3.05, 3.63) is 12.2 Å². The Morgan fingerprint density at radius 2 is 2.33 bits per heavy atom. The van der Waals surface area contributed by atoms with Gasteiger partial charge < -0.3 is 9.47 Å². The maximum absolute atomic E-state index is 11.1. The van der Waals surface area contributed by atoms with Crippen LogP contribution in [-0.4, -0.2) is 50.3 Å². The number of methoxy groups -OCH3 is 1. The first-order chi connectivity index (χ1) is 7.19. The van der Waals surface area contributed by atoms with E-state index in [1.54, 1.807) is 14.0 Å². The van der Waals surface area contributed by atoms with Gasteiger partial charge in [-0.05, 0) is 20.4 Å². The Bertz CT molecular complexity index is 240. The zero-order valence-electron chi connectivity index (χ0n) is 9.60. The molecule has 1 rings (SSSR count). The number of hydrogen-bond acceptors (Lipinski definition) is 4. The van der Waals surface area contributed by atoms with E-state index in [2.05, 4.69) is 4.90 Å². The van der Waals surface area contributed by atoms with Crippen molar-refractivity contribution >= 4 is 5.97 Å². The molecular weight excluding hydrogens is 194 g/mol. The summed E-state index contributed by atoms with van der Waals surface area (Å²) in [6.07, 6.45) is 4.53. The molecule has 0 aromatic heterocycles. The number of ether oxygens (including phenoxy) is 2. The van der Waals surface area contributed by atoms with Crippen molar-refractivity contribution in [3.63, 3.8) is 0 Å². The molecule has 4 heteroatoms. The van der Waals surface area contributed by atoms with E-state index >= 15 is 0 Å². The van der Waals surface area contributed by atoms with E-state index < -0.39 is 0 Å². The normalized spacial score (nSPS) is 27.4. The molecule has 0 bridgehead atoms. The Morgan fingerprint density at radius 3 is 2.93 bits per heavy atom. The van der Waals surface area contributed by atoms with Crippen molar-refractivity contribution in [2.75, 3.05) is 27.3 Å². The van der Waals surface area contributed by atoms with Crippen LogP contribution < -0.4 is 0 Å². The molecule has 2 atom stereocenters. The zero-order chi connectivity index (χ0) is 11.3. The van der Waals surface area contributed by atoms with E-state index in [0.717, 1.165) is 13.0 Å². The largest absolute Gasteiger partial charge is 0.463 e. The molecule has 0 saturated carbocycles. The van der Waals surface area contributed by atoms with Gasteiger partial charge in [-0.15, -0.1) is 0 Å². The number of likely N-dealkylation sites (N-methyl/N-ethyl adjacent to an activating group) is 1. The van der Waals surface area contributed by atoms with Gasteiger partial charge in [0.1, 0.15) is 0 Å². The first-order valence-corrected chi connectivity index (χ1v) is 5.27. The number of esters is 1. The molecule has 0 spiro atoms. The highest BCUT2D eigenvalue weighted by atomic mass is 16.5. The van der Waals surface area contributed by atoms with Crippen molar-refractivity contribution in [3.8, 4) is 0 Å². The molecule has 86 valence electrons. The average molecular weight is 213 g/mol. The van der Waals surface area contributed by atoms with Gasteiger partial charge in [0.05, 0.1) is 18.8 Å². The number of hydrogen-bond donors (Lipinski definition) is 0. The van der Waals surface area contributed by atoms with Crippen LogP contribution in [0.4, 0.5) is 0 Å². The van der Waals surface area contributed by atoms with Crippen molar-refractivity contribution in [1.29, 1.82) is 0 Å². The predicted molar refractivity (Wildman–Crippen MR) is 57.6 cm³/mol. The fourth-order valence-corrected chi connectivity index (χ4v) is 1.83. The van der Waals surface area contributed by atoms with Gasteiger partial charge in [0.15, 0.2) is 0 Å². The molecule has 1 heterocycles. The van der Waals surface area contributed by atoms with Crippen LogP contribution >= 0.6 is 0 Å². The highest BCUT2D eigenvalue weighted by Gasteiger charge is 2.29. The van der Waals surface area contributed by atoms with Crippen molar-refractivity contribution in [1.82, 2.24) is 4.90 Å². The first kappa shape index (κ1) is 12.2. The smallest absolute Gasteiger partial charge is 0.330 e. The summed E-state index contributed by atoms with van der Waals surface area (Å²) in [6, 6.07) is 0.180. The summed E-state index contributed by atoms with van der Waals surface area (Å²) in [5.41, 5.74) is 0. The van der Waals surface area contributed by atoms with Crippen LogP contribution in [0.5, 0.6) is 0 Å². The minimum Gasteiger partial charge on any atom is -0.463 e. The molecule has 0 aromatic carbocycles. The first-order valence-electron chi connectivity index (χ1n) is 5.27. The van der Waals surface area contributed by atoms with Gasteiger partial charge in [-0.3, -0.25) is 4.90 Å². The molecule has 0 aliphatic carbocycles. The van der Waals surface area contributed by atoms with Gasteiger partial charge in [-0.25, -0.2) is 4.79 Å². The Hall–Kier alpha value is -0.870. The molecular formula is C11H19NO3. The molecule has 0 N–H and O–H groups in total. The summed E-state index contributed by atoms with van der Waals surface area (Å²) in [6.45, 7) is 3.21. The third-order valence-corrected chi connectivity index (χ3v) is 2.68. The summed E-state index contributed by atoms with van der Waals surface area (Å²) in [5, 5.41) is 0. The number of nitrogens with zero attached hydrogens (tertiary/aromatic N) is 1. The Balaban J connectivity index is 2.51. The molecule has 1 fully saturated rings. The quantitative estimate of drug-likeness (QED) is 0.512. The minimum absolute atomic E-state index is 0.180. The molecule has 4 nitrogen and oxygen atoms in total. The minimum atomic E-state index is -0.285. The van der Waals surface area contributed by atoms with Crippen LogP contribution in [0.1, 0.15) is 13.3 Å². The number of carbonyl (C=O) groups is 1.